The normalized spacial score (nSPS) is 16.7. The number of carbonyl (C=O) groups excluding carboxylic acids is 1. The standard InChI is InChI=1S/C10H8Cl2N2O/c11-8-6-14(13-10(15)9(8)12)7-4-2-1-3-5-7/h1-5H,6H2,(H,13,15). The Kier molecular flexibility index (Phi) is 2.84. The fourth-order valence-corrected chi connectivity index (χ4v) is 1.61. The first kappa shape index (κ1) is 10.3. The van der Waals surface area contributed by atoms with Gasteiger partial charge in [0.1, 0.15) is 5.03 Å². The number of hydrogen-bond acceptors (Lipinski definition) is 2. The minimum absolute atomic E-state index is 0.0591. The highest BCUT2D eigenvalue weighted by atomic mass is 35.5. The molecule has 0 saturated carbocycles. The molecule has 15 heavy (non-hydrogen) atoms. The molecule has 0 unspecified atom stereocenters. The number of rotatable bonds is 1. The van der Waals surface area contributed by atoms with Crippen molar-refractivity contribution in [2.45, 2.75) is 0 Å². The van der Waals surface area contributed by atoms with Gasteiger partial charge in [-0.3, -0.25) is 15.2 Å². The fraction of sp³-hybridized carbons (Fsp3) is 0.100. The van der Waals surface area contributed by atoms with Gasteiger partial charge in [-0.15, -0.1) is 0 Å². The van der Waals surface area contributed by atoms with Crippen LogP contribution in [0.1, 0.15) is 0 Å². The zero-order valence-corrected chi connectivity index (χ0v) is 9.22. The quantitative estimate of drug-likeness (QED) is 0.820. The van der Waals surface area contributed by atoms with Crippen molar-refractivity contribution < 1.29 is 4.79 Å². The lowest BCUT2D eigenvalue weighted by molar-refractivity contribution is -0.117. The minimum atomic E-state index is -0.378. The monoisotopic (exact) mass is 242 g/mol. The second-order valence-corrected chi connectivity index (χ2v) is 3.92. The Hall–Kier alpha value is -1.19. The topological polar surface area (TPSA) is 32.3 Å². The van der Waals surface area contributed by atoms with Crippen molar-refractivity contribution in [1.82, 2.24) is 5.43 Å². The number of benzene rings is 1. The molecule has 78 valence electrons. The van der Waals surface area contributed by atoms with E-state index >= 15 is 0 Å². The van der Waals surface area contributed by atoms with E-state index in [2.05, 4.69) is 5.43 Å². The van der Waals surface area contributed by atoms with Gasteiger partial charge in [0.25, 0.3) is 5.91 Å². The zero-order valence-electron chi connectivity index (χ0n) is 7.71. The first-order chi connectivity index (χ1) is 7.18. The summed E-state index contributed by atoms with van der Waals surface area (Å²) in [7, 11) is 0. The molecule has 1 aromatic carbocycles. The summed E-state index contributed by atoms with van der Waals surface area (Å²) in [5.74, 6) is -0.378. The molecule has 0 saturated heterocycles. The molecular formula is C10H8Cl2N2O. The third-order valence-electron chi connectivity index (χ3n) is 2.04. The molecule has 1 aliphatic heterocycles. The summed E-state index contributed by atoms with van der Waals surface area (Å²) >= 11 is 11.5. The lowest BCUT2D eigenvalue weighted by atomic mass is 10.3. The molecule has 1 heterocycles. The Balaban J connectivity index is 2.26. The van der Waals surface area contributed by atoms with Crippen LogP contribution in [0.25, 0.3) is 0 Å². The summed E-state index contributed by atoms with van der Waals surface area (Å²) < 4.78 is 0. The summed E-state index contributed by atoms with van der Waals surface area (Å²) in [6.07, 6.45) is 0. The van der Waals surface area contributed by atoms with Crippen molar-refractivity contribution in [3.63, 3.8) is 0 Å². The molecule has 1 N–H and O–H groups in total. The van der Waals surface area contributed by atoms with E-state index in [1.54, 1.807) is 5.01 Å². The average Bonchev–Trinajstić information content (AvgIpc) is 2.26. The largest absolute Gasteiger partial charge is 0.282 e. The molecule has 3 nitrogen and oxygen atoms in total. The first-order valence-electron chi connectivity index (χ1n) is 4.36. The van der Waals surface area contributed by atoms with E-state index in [0.29, 0.717) is 11.6 Å². The highest BCUT2D eigenvalue weighted by Crippen LogP contribution is 2.22. The molecule has 2 rings (SSSR count). The molecule has 0 bridgehead atoms. The number of halogens is 2. The second kappa shape index (κ2) is 4.13. The van der Waals surface area contributed by atoms with Gasteiger partial charge in [-0.05, 0) is 12.1 Å². The maximum absolute atomic E-state index is 11.4. The van der Waals surface area contributed by atoms with Crippen LogP contribution in [0.4, 0.5) is 5.69 Å². The van der Waals surface area contributed by atoms with E-state index in [4.69, 9.17) is 23.2 Å². The van der Waals surface area contributed by atoms with Crippen LogP contribution in [0.2, 0.25) is 0 Å². The second-order valence-electron chi connectivity index (χ2n) is 3.08. The van der Waals surface area contributed by atoms with E-state index in [1.165, 1.54) is 0 Å². The van der Waals surface area contributed by atoms with Crippen molar-refractivity contribution in [2.75, 3.05) is 11.6 Å². The summed E-state index contributed by atoms with van der Waals surface area (Å²) in [5.41, 5.74) is 3.50. The predicted octanol–water partition coefficient (Wildman–Crippen LogP) is 2.23. The minimum Gasteiger partial charge on any atom is -0.280 e. The van der Waals surface area contributed by atoms with Crippen LogP contribution < -0.4 is 10.4 Å². The lowest BCUT2D eigenvalue weighted by Crippen LogP contribution is -2.47. The molecule has 0 aliphatic carbocycles. The van der Waals surface area contributed by atoms with Crippen molar-refractivity contribution >= 4 is 34.8 Å². The van der Waals surface area contributed by atoms with Gasteiger partial charge < -0.3 is 0 Å². The molecule has 0 radical (unpaired) electrons. The predicted molar refractivity (Wildman–Crippen MR) is 60.7 cm³/mol. The van der Waals surface area contributed by atoms with Crippen LogP contribution in [0.3, 0.4) is 0 Å². The number of nitrogens with zero attached hydrogens (tertiary/aromatic N) is 1. The van der Waals surface area contributed by atoms with Crippen LogP contribution >= 0.6 is 23.2 Å². The van der Waals surface area contributed by atoms with Crippen LogP contribution in [-0.4, -0.2) is 12.5 Å². The molecular weight excluding hydrogens is 235 g/mol. The van der Waals surface area contributed by atoms with Crippen molar-refractivity contribution in [1.29, 1.82) is 0 Å². The van der Waals surface area contributed by atoms with Crippen LogP contribution in [0, 0.1) is 0 Å². The molecule has 0 spiro atoms. The van der Waals surface area contributed by atoms with Gasteiger partial charge in [-0.25, -0.2) is 0 Å². The molecule has 1 aliphatic rings. The van der Waals surface area contributed by atoms with Crippen molar-refractivity contribution in [2.24, 2.45) is 0 Å². The number of amides is 1. The zero-order chi connectivity index (χ0) is 10.8. The third-order valence-corrected chi connectivity index (χ3v) is 2.84. The number of anilines is 1. The third kappa shape index (κ3) is 2.08. The van der Waals surface area contributed by atoms with E-state index in [0.717, 1.165) is 5.69 Å². The molecule has 5 heteroatoms. The van der Waals surface area contributed by atoms with Crippen molar-refractivity contribution in [3.05, 3.63) is 40.4 Å². The molecule has 1 amide bonds. The van der Waals surface area contributed by atoms with Crippen molar-refractivity contribution in [3.8, 4) is 0 Å². The summed E-state index contributed by atoms with van der Waals surface area (Å²) in [6, 6.07) is 9.43. The lowest BCUT2D eigenvalue weighted by Gasteiger charge is -2.28. The highest BCUT2D eigenvalue weighted by molar-refractivity contribution is 6.48. The number of hydrazine groups is 1. The van der Waals surface area contributed by atoms with E-state index in [-0.39, 0.29) is 10.9 Å². The van der Waals surface area contributed by atoms with Gasteiger partial charge in [0.2, 0.25) is 0 Å². The first-order valence-corrected chi connectivity index (χ1v) is 5.12. The number of hydrogen-bond donors (Lipinski definition) is 1. The molecule has 1 aromatic rings. The summed E-state index contributed by atoms with van der Waals surface area (Å²) in [4.78, 5) is 11.4. The number of nitrogens with one attached hydrogen (secondary N) is 1. The van der Waals surface area contributed by atoms with E-state index < -0.39 is 0 Å². The van der Waals surface area contributed by atoms with Crippen LogP contribution in [0.5, 0.6) is 0 Å². The van der Waals surface area contributed by atoms with Crippen LogP contribution in [-0.2, 0) is 4.79 Å². The summed E-state index contributed by atoms with van der Waals surface area (Å²) in [5, 5.41) is 2.06. The van der Waals surface area contributed by atoms with Gasteiger partial charge in [0.05, 0.1) is 17.3 Å². The Bertz CT molecular complexity index is 417. The molecule has 0 aromatic heterocycles. The van der Waals surface area contributed by atoms with E-state index in [9.17, 15) is 4.79 Å². The number of para-hydroxylation sites is 1. The Morgan fingerprint density at radius 1 is 1.20 bits per heavy atom. The SMILES string of the molecule is O=C1NN(c2ccccc2)CC(Cl)=C1Cl. The van der Waals surface area contributed by atoms with Crippen LogP contribution in [0.15, 0.2) is 40.4 Å². The van der Waals surface area contributed by atoms with Gasteiger partial charge >= 0.3 is 0 Å². The molecule has 0 fully saturated rings. The van der Waals surface area contributed by atoms with Gasteiger partial charge in [-0.1, -0.05) is 41.4 Å². The fourth-order valence-electron chi connectivity index (χ4n) is 1.31. The van der Waals surface area contributed by atoms with Gasteiger partial charge in [0, 0.05) is 0 Å². The summed E-state index contributed by atoms with van der Waals surface area (Å²) in [6.45, 7) is 0.385. The Morgan fingerprint density at radius 3 is 2.47 bits per heavy atom. The number of carbonyl (C=O) groups is 1. The molecule has 0 atom stereocenters. The Morgan fingerprint density at radius 2 is 1.87 bits per heavy atom. The van der Waals surface area contributed by atoms with E-state index in [1.807, 2.05) is 30.3 Å². The smallest absolute Gasteiger partial charge is 0.280 e. The Labute approximate surface area is 97.2 Å². The maximum Gasteiger partial charge on any atom is 0.282 e. The van der Waals surface area contributed by atoms with Gasteiger partial charge in [0.15, 0.2) is 0 Å². The average molecular weight is 243 g/mol. The highest BCUT2D eigenvalue weighted by Gasteiger charge is 2.22. The van der Waals surface area contributed by atoms with Gasteiger partial charge in [-0.2, -0.15) is 0 Å². The maximum atomic E-state index is 11.4.